The molecule has 0 amide bonds. The monoisotopic (exact) mass is 234 g/mol. The smallest absolute Gasteiger partial charge is 0.324 e. The minimum Gasteiger partial charge on any atom is -0.324 e. The van der Waals surface area contributed by atoms with E-state index in [2.05, 4.69) is 6.92 Å². The topological polar surface area (TPSA) is 74.6 Å². The molecule has 0 aromatic rings. The third kappa shape index (κ3) is 4.45. The lowest BCUT2D eigenvalue weighted by Gasteiger charge is -2.26. The minimum absolute atomic E-state index is 0.111. The van der Waals surface area contributed by atoms with Crippen molar-refractivity contribution < 1.29 is 19.1 Å². The highest BCUT2D eigenvalue weighted by molar-refractivity contribution is 7.52. The third-order valence-corrected chi connectivity index (χ3v) is 3.96. The fraction of sp³-hybridized carbons (Fsp3) is 0.900. The Kier molecular flexibility index (Phi) is 4.50. The third-order valence-electron chi connectivity index (χ3n) is 3.24. The van der Waals surface area contributed by atoms with E-state index < -0.39 is 13.8 Å². The van der Waals surface area contributed by atoms with E-state index in [1.807, 2.05) is 0 Å². The summed E-state index contributed by atoms with van der Waals surface area (Å²) in [7, 11) is -4.16. The molecule has 1 aliphatic carbocycles. The van der Waals surface area contributed by atoms with Gasteiger partial charge < -0.3 is 9.79 Å². The predicted octanol–water partition coefficient (Wildman–Crippen LogP) is 1.95. The van der Waals surface area contributed by atoms with E-state index in [1.54, 1.807) is 0 Å². The second kappa shape index (κ2) is 5.24. The Labute approximate surface area is 90.2 Å². The largest absolute Gasteiger partial charge is 0.332 e. The molecule has 1 saturated carbocycles. The van der Waals surface area contributed by atoms with Gasteiger partial charge in [-0.2, -0.15) is 0 Å². The van der Waals surface area contributed by atoms with E-state index in [4.69, 9.17) is 9.79 Å². The SMILES string of the molecule is CCC1CCC(C(=O)CP(=O)(O)O)CC1. The molecule has 0 atom stereocenters. The van der Waals surface area contributed by atoms with E-state index in [-0.39, 0.29) is 11.7 Å². The van der Waals surface area contributed by atoms with Crippen LogP contribution in [0.3, 0.4) is 0 Å². The van der Waals surface area contributed by atoms with Gasteiger partial charge in [-0.1, -0.05) is 13.3 Å². The second-order valence-electron chi connectivity index (χ2n) is 4.42. The Balaban J connectivity index is 2.40. The van der Waals surface area contributed by atoms with Gasteiger partial charge in [-0.3, -0.25) is 9.36 Å². The number of carbonyl (C=O) groups excluding carboxylic acids is 1. The van der Waals surface area contributed by atoms with Crippen LogP contribution in [0.15, 0.2) is 0 Å². The standard InChI is InChI=1S/C10H19O4P/c1-2-8-3-5-9(6-4-8)10(11)7-15(12,13)14/h8-9H,2-7H2,1H3,(H2,12,13,14). The number of rotatable bonds is 4. The maximum atomic E-state index is 11.5. The summed E-state index contributed by atoms with van der Waals surface area (Å²) in [6, 6.07) is 0. The summed E-state index contributed by atoms with van der Waals surface area (Å²) in [4.78, 5) is 28.9. The Morgan fingerprint density at radius 3 is 2.20 bits per heavy atom. The van der Waals surface area contributed by atoms with Crippen molar-refractivity contribution >= 4 is 13.4 Å². The molecule has 0 spiro atoms. The second-order valence-corrected chi connectivity index (χ2v) is 6.06. The molecule has 0 aromatic carbocycles. The predicted molar refractivity (Wildman–Crippen MR) is 57.7 cm³/mol. The van der Waals surface area contributed by atoms with Crippen molar-refractivity contribution in [2.45, 2.75) is 39.0 Å². The Hall–Kier alpha value is -0.180. The van der Waals surface area contributed by atoms with Gasteiger partial charge in [0.25, 0.3) is 0 Å². The highest BCUT2D eigenvalue weighted by Gasteiger charge is 2.29. The summed E-state index contributed by atoms with van der Waals surface area (Å²) in [5.74, 6) is 0.336. The van der Waals surface area contributed by atoms with Crippen molar-refractivity contribution in [3.05, 3.63) is 0 Å². The van der Waals surface area contributed by atoms with Crippen LogP contribution in [-0.4, -0.2) is 21.7 Å². The molecule has 0 saturated heterocycles. The van der Waals surface area contributed by atoms with Gasteiger partial charge in [0.2, 0.25) is 0 Å². The van der Waals surface area contributed by atoms with E-state index >= 15 is 0 Å². The molecule has 15 heavy (non-hydrogen) atoms. The van der Waals surface area contributed by atoms with Crippen LogP contribution in [0.25, 0.3) is 0 Å². The van der Waals surface area contributed by atoms with Crippen molar-refractivity contribution in [1.29, 1.82) is 0 Å². The van der Waals surface area contributed by atoms with Gasteiger partial charge in [0.15, 0.2) is 0 Å². The van der Waals surface area contributed by atoms with Gasteiger partial charge >= 0.3 is 7.60 Å². The van der Waals surface area contributed by atoms with Gasteiger partial charge in [0.1, 0.15) is 11.9 Å². The first-order chi connectivity index (χ1) is 6.92. The molecule has 88 valence electrons. The van der Waals surface area contributed by atoms with E-state index in [1.165, 1.54) is 0 Å². The maximum absolute atomic E-state index is 11.5. The van der Waals surface area contributed by atoms with E-state index in [9.17, 15) is 9.36 Å². The lowest BCUT2D eigenvalue weighted by atomic mass is 9.79. The molecular formula is C10H19O4P. The fourth-order valence-electron chi connectivity index (χ4n) is 2.22. The molecule has 4 nitrogen and oxygen atoms in total. The lowest BCUT2D eigenvalue weighted by molar-refractivity contribution is -0.121. The maximum Gasteiger partial charge on any atom is 0.332 e. The van der Waals surface area contributed by atoms with Gasteiger partial charge in [0.05, 0.1) is 0 Å². The fourth-order valence-corrected chi connectivity index (χ4v) is 2.89. The van der Waals surface area contributed by atoms with Crippen molar-refractivity contribution in [3.8, 4) is 0 Å². The normalized spacial score (nSPS) is 27.7. The van der Waals surface area contributed by atoms with Crippen molar-refractivity contribution in [2.75, 3.05) is 6.16 Å². The van der Waals surface area contributed by atoms with Crippen LogP contribution in [0.1, 0.15) is 39.0 Å². The van der Waals surface area contributed by atoms with Crippen molar-refractivity contribution in [3.63, 3.8) is 0 Å². The molecule has 2 N–H and O–H groups in total. The number of ketones is 1. The van der Waals surface area contributed by atoms with Crippen LogP contribution in [0.2, 0.25) is 0 Å². The molecule has 0 aromatic heterocycles. The minimum atomic E-state index is -4.16. The van der Waals surface area contributed by atoms with Gasteiger partial charge in [0, 0.05) is 5.92 Å². The molecular weight excluding hydrogens is 215 g/mol. The molecule has 5 heteroatoms. The Bertz CT molecular complexity index is 263. The highest BCUT2D eigenvalue weighted by Crippen LogP contribution is 2.38. The number of hydrogen-bond donors (Lipinski definition) is 2. The molecule has 1 fully saturated rings. The summed E-state index contributed by atoms with van der Waals surface area (Å²) >= 11 is 0. The summed E-state index contributed by atoms with van der Waals surface area (Å²) in [6.45, 7) is 2.14. The number of carbonyl (C=O) groups is 1. The van der Waals surface area contributed by atoms with E-state index in [0.717, 1.165) is 32.1 Å². The Morgan fingerprint density at radius 1 is 1.27 bits per heavy atom. The molecule has 0 unspecified atom stereocenters. The average molecular weight is 234 g/mol. The highest BCUT2D eigenvalue weighted by atomic mass is 31.2. The summed E-state index contributed by atoms with van der Waals surface area (Å²) < 4.78 is 10.7. The first-order valence-corrected chi connectivity index (χ1v) is 7.29. The average Bonchev–Trinajstić information content (AvgIpc) is 2.15. The quantitative estimate of drug-likeness (QED) is 0.729. The van der Waals surface area contributed by atoms with Crippen LogP contribution < -0.4 is 0 Å². The summed E-state index contributed by atoms with van der Waals surface area (Å²) in [6.07, 6.45) is 4.21. The van der Waals surface area contributed by atoms with Crippen LogP contribution in [0.5, 0.6) is 0 Å². The lowest BCUT2D eigenvalue weighted by Crippen LogP contribution is -2.24. The molecule has 1 aliphatic rings. The first-order valence-electron chi connectivity index (χ1n) is 5.49. The molecule has 0 heterocycles. The van der Waals surface area contributed by atoms with Crippen LogP contribution in [0, 0.1) is 11.8 Å². The van der Waals surface area contributed by atoms with Crippen LogP contribution in [0.4, 0.5) is 0 Å². The number of Topliss-reactive ketones (excluding diaryl/α,β-unsaturated/α-hetero) is 1. The zero-order valence-electron chi connectivity index (χ0n) is 9.06. The van der Waals surface area contributed by atoms with Crippen molar-refractivity contribution in [2.24, 2.45) is 11.8 Å². The zero-order chi connectivity index (χ0) is 11.5. The molecule has 0 radical (unpaired) electrons. The van der Waals surface area contributed by atoms with Gasteiger partial charge in [-0.25, -0.2) is 0 Å². The summed E-state index contributed by atoms with van der Waals surface area (Å²) in [5.41, 5.74) is 0. The zero-order valence-corrected chi connectivity index (χ0v) is 9.95. The van der Waals surface area contributed by atoms with E-state index in [0.29, 0.717) is 5.92 Å². The number of hydrogen-bond acceptors (Lipinski definition) is 2. The van der Waals surface area contributed by atoms with Crippen LogP contribution in [-0.2, 0) is 9.36 Å². The first kappa shape index (κ1) is 12.9. The van der Waals surface area contributed by atoms with Crippen molar-refractivity contribution in [1.82, 2.24) is 0 Å². The Morgan fingerprint density at radius 2 is 1.80 bits per heavy atom. The molecule has 1 rings (SSSR count). The summed E-state index contributed by atoms with van der Waals surface area (Å²) in [5, 5.41) is 0. The molecule has 0 aliphatic heterocycles. The van der Waals surface area contributed by atoms with Crippen LogP contribution >= 0.6 is 7.60 Å². The molecule has 0 bridgehead atoms. The van der Waals surface area contributed by atoms with Gasteiger partial charge in [-0.05, 0) is 31.6 Å². The van der Waals surface area contributed by atoms with Gasteiger partial charge in [-0.15, -0.1) is 0 Å².